The highest BCUT2D eigenvalue weighted by Crippen LogP contribution is 2.45. The Labute approximate surface area is 640 Å². The molecule has 0 radical (unpaired) electrons. The molecule has 598 valence electrons. The molecule has 106 heavy (non-hydrogen) atoms. The third-order valence-electron chi connectivity index (χ3n) is 15.6. The second kappa shape index (κ2) is 77.1. The van der Waals surface area contributed by atoms with Gasteiger partial charge < -0.3 is 33.8 Å². The fraction of sp³-hybridized carbons (Fsp3) is 0.586. The first kappa shape index (κ1) is 99.9. The summed E-state index contributed by atoms with van der Waals surface area (Å²) >= 11 is 0. The zero-order valence-electron chi connectivity index (χ0n) is 65.3. The Morgan fingerprint density at radius 2 is 0.538 bits per heavy atom. The van der Waals surface area contributed by atoms with Crippen molar-refractivity contribution in [2.45, 2.75) is 290 Å². The molecule has 0 spiro atoms. The lowest BCUT2D eigenvalue weighted by Gasteiger charge is -2.21. The van der Waals surface area contributed by atoms with Gasteiger partial charge in [0.05, 0.1) is 32.8 Å². The van der Waals surface area contributed by atoms with Gasteiger partial charge >= 0.3 is 39.5 Å². The standard InChI is InChI=1S/C87H138O17P2/c1-5-9-13-17-21-25-29-33-37-39-40-42-46-48-52-56-60-64-68-72-85(90)98-78-83(104-87(92)74-70-66-62-58-54-50-44-36-32-28-24-20-16-12-8-4)80-102-106(95,96)100-76-81(88)75-99-105(93,94)101-79-82(103-86(91)73-69-65-61-57-53-49-43-35-31-27-23-19-15-11-7-3)77-97-84(89)71-67-63-59-55-51-47-45-41-38-34-30-26-22-18-14-10-6-2/h10-12,14-16,21-28,33-38,40,42-45,47,54-55,58-59,66,70,81-83,88H,5-9,13,17-20,29-32,39,41,46,48-53,56-57,60-65,67-69,71-80H2,1-4H3,(H,93,94)(H,95,96)/b14-10-,15-11-,16-12-,25-21-,26-22-,27-23-,28-24-,37-33-,38-34-,42-40-,43-35-,44-36-,47-45-,58-54-,59-55-,70-66-. The summed E-state index contributed by atoms with van der Waals surface area (Å²) in [6.45, 7) is 4.26. The van der Waals surface area contributed by atoms with E-state index in [9.17, 15) is 43.2 Å². The summed E-state index contributed by atoms with van der Waals surface area (Å²) in [6, 6.07) is 0. The first-order chi connectivity index (χ1) is 51.7. The first-order valence-electron chi connectivity index (χ1n) is 39.7. The van der Waals surface area contributed by atoms with E-state index in [2.05, 4.69) is 186 Å². The smallest absolute Gasteiger partial charge is 0.462 e. The Balaban J connectivity index is 5.52. The minimum atomic E-state index is -5.02. The van der Waals surface area contributed by atoms with Gasteiger partial charge in [0.2, 0.25) is 0 Å². The van der Waals surface area contributed by atoms with E-state index in [0.717, 1.165) is 167 Å². The van der Waals surface area contributed by atoms with E-state index >= 15 is 0 Å². The van der Waals surface area contributed by atoms with Gasteiger partial charge in [-0.2, -0.15) is 0 Å². The van der Waals surface area contributed by atoms with Crippen molar-refractivity contribution in [2.75, 3.05) is 39.6 Å². The third kappa shape index (κ3) is 76.1. The zero-order chi connectivity index (χ0) is 77.4. The molecule has 0 saturated heterocycles. The Morgan fingerprint density at radius 1 is 0.283 bits per heavy atom. The fourth-order valence-electron chi connectivity index (χ4n) is 9.65. The van der Waals surface area contributed by atoms with Gasteiger partial charge in [0.1, 0.15) is 19.3 Å². The maximum absolute atomic E-state index is 13.1. The number of carbonyl (C=O) groups is 4. The molecule has 3 N–H and O–H groups in total. The normalized spacial score (nSPS) is 14.9. The second-order valence-corrected chi connectivity index (χ2v) is 28.4. The molecule has 0 aromatic carbocycles. The van der Waals surface area contributed by atoms with Gasteiger partial charge in [-0.05, 0) is 161 Å². The lowest BCUT2D eigenvalue weighted by molar-refractivity contribution is -0.161. The highest BCUT2D eigenvalue weighted by Gasteiger charge is 2.30. The summed E-state index contributed by atoms with van der Waals surface area (Å²) in [5, 5.41) is 10.6. The number of aliphatic hydroxyl groups is 1. The summed E-state index contributed by atoms with van der Waals surface area (Å²) in [5.41, 5.74) is 0. The van der Waals surface area contributed by atoms with Crippen molar-refractivity contribution in [2.24, 2.45) is 0 Å². The molecule has 0 aliphatic carbocycles. The highest BCUT2D eigenvalue weighted by molar-refractivity contribution is 7.47. The van der Waals surface area contributed by atoms with Crippen LogP contribution in [0.1, 0.15) is 272 Å². The average Bonchev–Trinajstić information content (AvgIpc) is 0.928. The van der Waals surface area contributed by atoms with Crippen LogP contribution >= 0.6 is 15.6 Å². The molecule has 0 aliphatic rings. The molecule has 5 atom stereocenters. The number of hydrogen-bond acceptors (Lipinski definition) is 15. The van der Waals surface area contributed by atoms with E-state index < -0.39 is 97.5 Å². The van der Waals surface area contributed by atoms with Crippen LogP contribution < -0.4 is 0 Å². The predicted octanol–water partition coefficient (Wildman–Crippen LogP) is 23.3. The Hall–Kier alpha value is -6.10. The summed E-state index contributed by atoms with van der Waals surface area (Å²) in [5.74, 6) is -2.45. The van der Waals surface area contributed by atoms with Crippen LogP contribution in [0.4, 0.5) is 0 Å². The van der Waals surface area contributed by atoms with Crippen molar-refractivity contribution < 1.29 is 80.2 Å². The molecule has 0 bridgehead atoms. The maximum atomic E-state index is 13.1. The molecule has 17 nitrogen and oxygen atoms in total. The monoisotopic (exact) mass is 1520 g/mol. The van der Waals surface area contributed by atoms with E-state index in [1.165, 1.54) is 19.3 Å². The molecule has 0 amide bonds. The van der Waals surface area contributed by atoms with Crippen LogP contribution in [0.3, 0.4) is 0 Å². The number of unbranched alkanes of at least 4 members (excludes halogenated alkanes) is 15. The molecule has 0 saturated carbocycles. The van der Waals surface area contributed by atoms with Gasteiger partial charge in [0.25, 0.3) is 0 Å². The van der Waals surface area contributed by atoms with Crippen LogP contribution in [0.2, 0.25) is 0 Å². The number of rotatable bonds is 72. The van der Waals surface area contributed by atoms with Crippen molar-refractivity contribution in [1.29, 1.82) is 0 Å². The van der Waals surface area contributed by atoms with E-state index in [1.54, 1.807) is 12.2 Å². The molecule has 0 aromatic heterocycles. The van der Waals surface area contributed by atoms with Crippen LogP contribution in [-0.2, 0) is 65.4 Å². The van der Waals surface area contributed by atoms with Crippen molar-refractivity contribution in [3.05, 3.63) is 194 Å². The lowest BCUT2D eigenvalue weighted by Crippen LogP contribution is -2.30. The summed E-state index contributed by atoms with van der Waals surface area (Å²) in [4.78, 5) is 73.0. The number of ether oxygens (including phenoxy) is 4. The van der Waals surface area contributed by atoms with Crippen LogP contribution in [0, 0.1) is 0 Å². The number of allylic oxidation sites excluding steroid dienone is 31. The Morgan fingerprint density at radius 3 is 0.877 bits per heavy atom. The Kier molecular flexibility index (Phi) is 72.6. The number of hydrogen-bond donors (Lipinski definition) is 3. The quantitative estimate of drug-likeness (QED) is 0.0169. The van der Waals surface area contributed by atoms with Gasteiger partial charge in [-0.15, -0.1) is 0 Å². The summed E-state index contributed by atoms with van der Waals surface area (Å²) < 4.78 is 68.4. The van der Waals surface area contributed by atoms with Crippen LogP contribution in [-0.4, -0.2) is 96.7 Å². The van der Waals surface area contributed by atoms with E-state index in [1.807, 2.05) is 24.3 Å². The lowest BCUT2D eigenvalue weighted by atomic mass is 10.1. The van der Waals surface area contributed by atoms with Crippen LogP contribution in [0.25, 0.3) is 0 Å². The summed E-state index contributed by atoms with van der Waals surface area (Å²) in [6.07, 6.45) is 94.5. The van der Waals surface area contributed by atoms with Gasteiger partial charge in [0.15, 0.2) is 12.2 Å². The third-order valence-corrected chi connectivity index (χ3v) is 17.5. The fourth-order valence-corrected chi connectivity index (χ4v) is 11.2. The summed E-state index contributed by atoms with van der Waals surface area (Å²) in [7, 11) is -10.0. The molecule has 0 heterocycles. The van der Waals surface area contributed by atoms with Gasteiger partial charge in [0, 0.05) is 19.3 Å². The minimum absolute atomic E-state index is 0.0525. The van der Waals surface area contributed by atoms with Crippen molar-refractivity contribution >= 4 is 39.5 Å². The zero-order valence-corrected chi connectivity index (χ0v) is 67.1. The highest BCUT2D eigenvalue weighted by atomic mass is 31.2. The number of carbonyl (C=O) groups excluding carboxylic acids is 4. The van der Waals surface area contributed by atoms with Gasteiger partial charge in [-0.3, -0.25) is 37.3 Å². The van der Waals surface area contributed by atoms with Crippen LogP contribution in [0.5, 0.6) is 0 Å². The number of phosphoric acid groups is 2. The molecule has 0 fully saturated rings. The predicted molar refractivity (Wildman–Crippen MR) is 436 cm³/mol. The van der Waals surface area contributed by atoms with Crippen LogP contribution in [0.15, 0.2) is 194 Å². The molecule has 0 aromatic rings. The number of aliphatic hydroxyl groups excluding tert-OH is 1. The number of phosphoric ester groups is 2. The van der Waals surface area contributed by atoms with Crippen molar-refractivity contribution in [3.8, 4) is 0 Å². The Bertz CT molecular complexity index is 2780. The molecule has 0 aliphatic heterocycles. The maximum Gasteiger partial charge on any atom is 0.472 e. The van der Waals surface area contributed by atoms with E-state index in [4.69, 9.17) is 37.0 Å². The topological polar surface area (TPSA) is 237 Å². The second-order valence-electron chi connectivity index (χ2n) is 25.5. The molecule has 5 unspecified atom stereocenters. The largest absolute Gasteiger partial charge is 0.472 e. The molecule has 19 heteroatoms. The number of esters is 4. The van der Waals surface area contributed by atoms with Gasteiger partial charge in [-0.1, -0.05) is 280 Å². The molecular weight excluding hydrogens is 1380 g/mol. The average molecular weight is 1520 g/mol. The van der Waals surface area contributed by atoms with Crippen molar-refractivity contribution in [3.63, 3.8) is 0 Å². The minimum Gasteiger partial charge on any atom is -0.462 e. The first-order valence-corrected chi connectivity index (χ1v) is 42.7. The van der Waals surface area contributed by atoms with E-state index in [-0.39, 0.29) is 25.7 Å². The van der Waals surface area contributed by atoms with Gasteiger partial charge in [-0.25, -0.2) is 9.13 Å². The molecular formula is C87H138O17P2. The van der Waals surface area contributed by atoms with E-state index in [0.29, 0.717) is 32.1 Å². The molecule has 0 rings (SSSR count). The van der Waals surface area contributed by atoms with Crippen molar-refractivity contribution in [1.82, 2.24) is 0 Å². The SMILES string of the molecule is CC/C=C\C/C=C\C/C=C\C/C=C\C/C=C\CCCC(=O)OCC(COP(=O)(O)OCC(O)COP(=O)(O)OCC(COC(=O)CCCCCCCC/C=C\C/C=C\C/C=C\CCCCC)OC(=O)C/C=C\C/C=C\C/C=C\C/C=C\C/C=C\CC)OC(=O)CCCCCCC/C=C\C/C=C\C/C=C\CC.